The number of carbonyl (C=O) groups excluding carboxylic acids is 3. The van der Waals surface area contributed by atoms with Gasteiger partial charge in [-0.25, -0.2) is 22.8 Å². The highest BCUT2D eigenvalue weighted by atomic mass is 32.2. The zero-order valence-electron chi connectivity index (χ0n) is 44.5. The number of aliphatic hydroxyl groups is 1. The van der Waals surface area contributed by atoms with Gasteiger partial charge in [0.05, 0.1) is 51.0 Å². The average Bonchev–Trinajstić information content (AvgIpc) is 4.45. The summed E-state index contributed by atoms with van der Waals surface area (Å²) in [6.45, 7) is 11.1. The van der Waals surface area contributed by atoms with Crippen molar-refractivity contribution in [2.24, 2.45) is 12.5 Å². The van der Waals surface area contributed by atoms with Gasteiger partial charge in [-0.1, -0.05) is 63.2 Å². The Hall–Kier alpha value is -7.41. The van der Waals surface area contributed by atoms with Crippen LogP contribution in [0.2, 0.25) is 0 Å². The number of aliphatic hydroxyl groups excluding tert-OH is 1. The molecule has 5 atom stereocenters. The Bertz CT molecular complexity index is 3480. The van der Waals surface area contributed by atoms with E-state index < -0.39 is 57.2 Å². The second-order valence-corrected chi connectivity index (χ2v) is 23.7. The predicted molar refractivity (Wildman–Crippen MR) is 295 cm³/mol. The van der Waals surface area contributed by atoms with Crippen LogP contribution in [0.25, 0.3) is 43.7 Å². The molecule has 0 bridgehead atoms. The number of sulfonamides is 1. The number of halogens is 3. The topological polar surface area (TPSA) is 245 Å². The molecular formula is C55H63F3N12O7S2. The fourth-order valence-corrected chi connectivity index (χ4v) is 11.6. The Morgan fingerprint density at radius 3 is 2.42 bits per heavy atom. The van der Waals surface area contributed by atoms with Crippen molar-refractivity contribution < 1.29 is 45.8 Å². The van der Waals surface area contributed by atoms with Crippen molar-refractivity contribution >= 4 is 61.5 Å². The summed E-state index contributed by atoms with van der Waals surface area (Å²) < 4.78 is 77.1. The molecule has 2 aliphatic rings. The third-order valence-corrected chi connectivity index (χ3v) is 16.4. The van der Waals surface area contributed by atoms with Crippen molar-refractivity contribution in [1.29, 1.82) is 0 Å². The Morgan fingerprint density at radius 1 is 0.987 bits per heavy atom. The van der Waals surface area contributed by atoms with Gasteiger partial charge in [0.25, 0.3) is 10.0 Å². The zero-order chi connectivity index (χ0) is 56.5. The summed E-state index contributed by atoms with van der Waals surface area (Å²) in [4.78, 5) is 55.2. The minimum Gasteiger partial charge on any atom is -0.484 e. The molecule has 0 radical (unpaired) electrons. The maximum atomic E-state index is 14.3. The first kappa shape index (κ1) is 56.3. The summed E-state index contributed by atoms with van der Waals surface area (Å²) in [5.74, 6) is -5.29. The number of aromatic nitrogens is 6. The van der Waals surface area contributed by atoms with Crippen molar-refractivity contribution in [2.75, 3.05) is 36.6 Å². The molecule has 0 aliphatic carbocycles. The van der Waals surface area contributed by atoms with Gasteiger partial charge in [0.2, 0.25) is 17.7 Å². The number of alkyl halides is 2. The van der Waals surface area contributed by atoms with E-state index in [1.54, 1.807) is 47.9 Å². The molecule has 9 rings (SSSR count). The number of aryl methyl sites for hydroxylation is 2. The van der Waals surface area contributed by atoms with E-state index in [1.807, 2.05) is 67.6 Å². The van der Waals surface area contributed by atoms with Crippen molar-refractivity contribution in [3.05, 3.63) is 113 Å². The van der Waals surface area contributed by atoms with Gasteiger partial charge in [-0.2, -0.15) is 19.0 Å². The van der Waals surface area contributed by atoms with E-state index in [0.717, 1.165) is 41.1 Å². The van der Waals surface area contributed by atoms with Crippen LogP contribution in [-0.4, -0.2) is 121 Å². The Balaban J connectivity index is 0.850. The fraction of sp³-hybridized carbons (Fsp3) is 0.400. The molecule has 24 heteroatoms. The molecule has 2 fully saturated rings. The number of hydrogen-bond donors (Lipinski definition) is 5. The maximum absolute atomic E-state index is 14.3. The highest BCUT2D eigenvalue weighted by Gasteiger charge is 2.44. The molecule has 2 aliphatic heterocycles. The molecule has 3 amide bonds. The maximum Gasteiger partial charge on any atom is 0.355 e. The number of anilines is 2. The number of nitrogens with zero attached hydrogens (tertiary/aromatic N) is 8. The lowest BCUT2D eigenvalue weighted by atomic mass is 9.85. The second-order valence-electron chi connectivity index (χ2n) is 21.2. The zero-order valence-corrected chi connectivity index (χ0v) is 46.1. The Kier molecular flexibility index (Phi) is 16.5. The van der Waals surface area contributed by atoms with Crippen LogP contribution in [0, 0.1) is 18.2 Å². The van der Waals surface area contributed by atoms with E-state index >= 15 is 0 Å². The number of β-amino-alcohol motifs (C(OH)–C–C–N with tert-alkyl or cyclic N) is 1. The molecule has 1 unspecified atom stereocenters. The van der Waals surface area contributed by atoms with E-state index in [2.05, 4.69) is 25.5 Å². The number of nitrogen functional groups attached to an aromatic ring is 1. The summed E-state index contributed by atoms with van der Waals surface area (Å²) in [7, 11) is -3.36. The number of thiazole rings is 1. The molecule has 418 valence electrons. The molecule has 79 heavy (non-hydrogen) atoms. The van der Waals surface area contributed by atoms with E-state index in [4.69, 9.17) is 20.7 Å². The number of ether oxygens (including phenoxy) is 1. The number of likely N-dealkylation sites (tertiary alicyclic amines) is 2. The lowest BCUT2D eigenvalue weighted by Gasteiger charge is -2.36. The van der Waals surface area contributed by atoms with Crippen LogP contribution >= 0.6 is 11.3 Å². The van der Waals surface area contributed by atoms with Gasteiger partial charge in [-0.3, -0.25) is 28.5 Å². The Labute approximate surface area is 459 Å². The van der Waals surface area contributed by atoms with Crippen LogP contribution < -0.4 is 25.8 Å². The monoisotopic (exact) mass is 1120 g/mol. The molecule has 19 nitrogen and oxygen atoms in total. The van der Waals surface area contributed by atoms with E-state index in [9.17, 15) is 41.1 Å². The first-order valence-electron chi connectivity index (χ1n) is 25.8. The van der Waals surface area contributed by atoms with Crippen molar-refractivity contribution in [3.8, 4) is 38.6 Å². The number of rotatable bonds is 18. The number of pyridine rings is 1. The average molecular weight is 1130 g/mol. The predicted octanol–water partition coefficient (Wildman–Crippen LogP) is 7.59. The van der Waals surface area contributed by atoms with Crippen LogP contribution in [0.5, 0.6) is 5.75 Å². The normalized spacial score (nSPS) is 18.0. The Morgan fingerprint density at radius 2 is 1.72 bits per heavy atom. The van der Waals surface area contributed by atoms with E-state index in [-0.39, 0.29) is 61.0 Å². The van der Waals surface area contributed by atoms with Crippen LogP contribution in [0.4, 0.5) is 24.7 Å². The van der Waals surface area contributed by atoms with Crippen LogP contribution in [0.1, 0.15) is 82.3 Å². The van der Waals surface area contributed by atoms with Crippen molar-refractivity contribution in [2.45, 2.75) is 103 Å². The minimum absolute atomic E-state index is 0.0356. The van der Waals surface area contributed by atoms with Crippen LogP contribution in [-0.2, 0) is 38.0 Å². The van der Waals surface area contributed by atoms with Gasteiger partial charge in [-0.05, 0) is 79.6 Å². The highest BCUT2D eigenvalue weighted by molar-refractivity contribution is 7.93. The number of nitrogens with one attached hydrogen (secondary N) is 3. The standard InChI is InChI=1S/C55H63F3N12O7S2/c1-31-49(78-30-62-31)35-11-9-33(10-12-35)24-61-52(73)43-23-40(71)29-69(43)53(74)50(55(3,4)5)64-45(72)19-21-68-20-7-8-39(28-68)70-27-37(25-63-70)41-26-60-51(59)46-47(65-67(6)48(41)46)36-15-18-42(66-79(75,76)54(57)58)44(22-36)77-32(2)34-13-16-38(56)17-14-34/h9-18,22,25-27,30,32,39-40,43,50,54,66,71H,7-8,19-21,23-24,28-29H2,1-6H3,(H2,59,60)(H,61,73)(H,64,72)/t32-,39?,40+,43-,50+/m0/s1. The number of nitrogens with two attached hydrogens (primary N) is 1. The molecule has 0 spiro atoms. The highest BCUT2D eigenvalue weighted by Crippen LogP contribution is 2.41. The van der Waals surface area contributed by atoms with Gasteiger partial charge in [0, 0.05) is 75.2 Å². The minimum atomic E-state index is -5.09. The van der Waals surface area contributed by atoms with Crippen molar-refractivity contribution in [1.82, 2.24) is 50.0 Å². The largest absolute Gasteiger partial charge is 0.484 e. The van der Waals surface area contributed by atoms with Gasteiger partial charge < -0.3 is 36.0 Å². The second kappa shape index (κ2) is 23.1. The number of fused-ring (bicyclic) bond motifs is 1. The van der Waals surface area contributed by atoms with E-state index in [0.29, 0.717) is 51.9 Å². The smallest absolute Gasteiger partial charge is 0.355 e. The molecule has 6 N–H and O–H groups in total. The lowest BCUT2D eigenvalue weighted by molar-refractivity contribution is -0.144. The molecule has 0 saturated carbocycles. The summed E-state index contributed by atoms with van der Waals surface area (Å²) in [6.07, 6.45) is 5.43. The first-order valence-corrected chi connectivity index (χ1v) is 28.3. The number of amides is 3. The summed E-state index contributed by atoms with van der Waals surface area (Å²) in [5.41, 5.74) is 13.5. The molecular weight excluding hydrogens is 1060 g/mol. The third-order valence-electron chi connectivity index (χ3n) is 14.4. The summed E-state index contributed by atoms with van der Waals surface area (Å²) in [6, 6.07) is 15.6. The van der Waals surface area contributed by atoms with Gasteiger partial charge in [-0.15, -0.1) is 11.3 Å². The number of benzene rings is 3. The van der Waals surface area contributed by atoms with Crippen LogP contribution in [0.15, 0.2) is 90.8 Å². The fourth-order valence-electron chi connectivity index (χ4n) is 10.2. The van der Waals surface area contributed by atoms with Gasteiger partial charge in [0.15, 0.2) is 0 Å². The van der Waals surface area contributed by atoms with Gasteiger partial charge in [0.1, 0.15) is 41.3 Å². The quantitative estimate of drug-likeness (QED) is 0.0557. The van der Waals surface area contributed by atoms with E-state index in [1.165, 1.54) is 47.4 Å². The molecule has 7 aromatic rings. The molecule has 4 aromatic heterocycles. The lowest BCUT2D eigenvalue weighted by Crippen LogP contribution is -2.58. The SMILES string of the molecule is Cc1ncsc1-c1ccc(CNC(=O)[C@@H]2C[C@@H](O)CN2C(=O)[C@@H](NC(=O)CCN2CCCC(n3cc(-c4cnc(N)c5c(-c6ccc(NS(=O)(=O)C(F)F)c(O[C@@H](C)c7ccc(F)cc7)c6)nn(C)c45)cn3)C2)C(C)(C)C)cc1. The number of carbonyl (C=O) groups is 3. The first-order chi connectivity index (χ1) is 37.5. The number of hydrogen-bond acceptors (Lipinski definition) is 14. The third kappa shape index (κ3) is 12.6. The molecule has 2 saturated heterocycles. The summed E-state index contributed by atoms with van der Waals surface area (Å²) in [5, 5.41) is 26.7. The molecule has 6 heterocycles. The van der Waals surface area contributed by atoms with Crippen molar-refractivity contribution in [3.63, 3.8) is 0 Å². The van der Waals surface area contributed by atoms with Gasteiger partial charge >= 0.3 is 5.76 Å². The summed E-state index contributed by atoms with van der Waals surface area (Å²) >= 11 is 1.56. The molecule has 3 aromatic carbocycles. The van der Waals surface area contributed by atoms with Crippen LogP contribution in [0.3, 0.4) is 0 Å². The number of piperidine rings is 1.